The first kappa shape index (κ1) is 24.5. The molecule has 1 saturated carbocycles. The zero-order valence-electron chi connectivity index (χ0n) is 20.4. The third-order valence-electron chi connectivity index (χ3n) is 7.60. The molecule has 0 radical (unpaired) electrons. The molecule has 1 aliphatic carbocycles. The summed E-state index contributed by atoms with van der Waals surface area (Å²) in [5, 5.41) is 27.0. The van der Waals surface area contributed by atoms with E-state index in [2.05, 4.69) is 5.32 Å². The molecule has 4 aromatic carbocycles. The molecular weight excluding hydrogens is 502 g/mol. The molecule has 192 valence electrons. The van der Waals surface area contributed by atoms with Gasteiger partial charge >= 0.3 is 6.09 Å². The number of hydrogen-bond acceptors (Lipinski definition) is 5. The number of halogens is 1. The summed E-state index contributed by atoms with van der Waals surface area (Å²) < 4.78 is 12.0. The minimum atomic E-state index is -1.73. The van der Waals surface area contributed by atoms with Crippen LogP contribution >= 0.6 is 11.6 Å². The normalized spacial score (nSPS) is 25.2. The molecule has 0 saturated heterocycles. The molecule has 0 spiro atoms. The SMILES string of the molecule is O=C(Nc1ccc2c(c1)O[C@]1(c3ccc(Cl)cc3)[C@@H](c3ccccc3)C[C@H](O)[C@]21O)OCc1ccccc1. The predicted molar refractivity (Wildman–Crippen MR) is 144 cm³/mol. The molecule has 1 amide bonds. The van der Waals surface area contributed by atoms with Crippen molar-refractivity contribution in [2.45, 2.75) is 36.3 Å². The Balaban J connectivity index is 1.36. The molecule has 0 unspecified atom stereocenters. The Kier molecular flexibility index (Phi) is 6.11. The second-order valence-electron chi connectivity index (χ2n) is 9.72. The summed E-state index contributed by atoms with van der Waals surface area (Å²) in [6.07, 6.45) is -1.41. The molecular formula is C31H26ClNO5. The number of ether oxygens (including phenoxy) is 2. The standard InChI is InChI=1S/C31H26ClNO5/c32-23-13-11-22(12-14-23)31-26(21-9-5-2-6-10-21)18-28(34)30(31,36)25-16-15-24(17-27(25)38-31)33-29(35)37-19-20-7-3-1-4-8-20/h1-17,26,28,34,36H,18-19H2,(H,33,35)/t26-,28+,30-,31-/m1/s1. The van der Waals surface area contributed by atoms with Crippen LogP contribution in [0.15, 0.2) is 103 Å². The van der Waals surface area contributed by atoms with Gasteiger partial charge in [0.25, 0.3) is 0 Å². The fraction of sp³-hybridized carbons (Fsp3) is 0.194. The summed E-state index contributed by atoms with van der Waals surface area (Å²) in [6.45, 7) is 0.137. The summed E-state index contributed by atoms with van der Waals surface area (Å²) in [4.78, 5) is 12.5. The van der Waals surface area contributed by atoms with Gasteiger partial charge in [-0.05, 0) is 41.3 Å². The summed E-state index contributed by atoms with van der Waals surface area (Å²) >= 11 is 6.19. The first-order valence-electron chi connectivity index (χ1n) is 12.4. The molecule has 1 fully saturated rings. The Labute approximate surface area is 225 Å². The number of aliphatic hydroxyl groups excluding tert-OH is 1. The van der Waals surface area contributed by atoms with E-state index in [0.29, 0.717) is 34.0 Å². The van der Waals surface area contributed by atoms with E-state index in [0.717, 1.165) is 11.1 Å². The number of nitrogens with one attached hydrogen (secondary N) is 1. The van der Waals surface area contributed by atoms with Crippen LogP contribution in [0.4, 0.5) is 10.5 Å². The van der Waals surface area contributed by atoms with Gasteiger partial charge in [-0.2, -0.15) is 0 Å². The van der Waals surface area contributed by atoms with Crippen molar-refractivity contribution in [3.63, 3.8) is 0 Å². The quantitative estimate of drug-likeness (QED) is 0.291. The molecule has 4 atom stereocenters. The van der Waals surface area contributed by atoms with Gasteiger partial charge in [0, 0.05) is 28.3 Å². The minimum Gasteiger partial charge on any atom is -0.478 e. The molecule has 6 rings (SSSR count). The molecule has 0 aromatic heterocycles. The Morgan fingerprint density at radius 3 is 2.37 bits per heavy atom. The lowest BCUT2D eigenvalue weighted by Gasteiger charge is -2.40. The van der Waals surface area contributed by atoms with Crippen LogP contribution in [0, 0.1) is 0 Å². The van der Waals surface area contributed by atoms with E-state index < -0.39 is 23.4 Å². The van der Waals surface area contributed by atoms with Gasteiger partial charge in [-0.25, -0.2) is 4.79 Å². The van der Waals surface area contributed by atoms with Crippen LogP contribution in [0.25, 0.3) is 0 Å². The molecule has 0 bridgehead atoms. The molecule has 6 nitrogen and oxygen atoms in total. The van der Waals surface area contributed by atoms with Crippen molar-refractivity contribution < 1.29 is 24.5 Å². The highest BCUT2D eigenvalue weighted by Crippen LogP contribution is 2.66. The number of carbonyl (C=O) groups is 1. The summed E-state index contributed by atoms with van der Waals surface area (Å²) in [7, 11) is 0. The van der Waals surface area contributed by atoms with Crippen molar-refractivity contribution in [3.8, 4) is 5.75 Å². The van der Waals surface area contributed by atoms with Crippen molar-refractivity contribution in [1.82, 2.24) is 0 Å². The van der Waals surface area contributed by atoms with Gasteiger partial charge in [-0.15, -0.1) is 0 Å². The Bertz CT molecular complexity index is 1460. The van der Waals surface area contributed by atoms with Gasteiger partial charge in [0.15, 0.2) is 11.2 Å². The third-order valence-corrected chi connectivity index (χ3v) is 7.85. The fourth-order valence-electron chi connectivity index (χ4n) is 5.89. The lowest BCUT2D eigenvalue weighted by molar-refractivity contribution is -0.149. The van der Waals surface area contributed by atoms with Crippen molar-refractivity contribution in [2.24, 2.45) is 0 Å². The number of fused-ring (bicyclic) bond motifs is 3. The first-order chi connectivity index (χ1) is 18.4. The van der Waals surface area contributed by atoms with Crippen LogP contribution in [0.1, 0.15) is 34.6 Å². The highest BCUT2D eigenvalue weighted by molar-refractivity contribution is 6.30. The van der Waals surface area contributed by atoms with Gasteiger partial charge in [0.1, 0.15) is 12.4 Å². The second-order valence-corrected chi connectivity index (χ2v) is 10.2. The molecule has 4 aromatic rings. The van der Waals surface area contributed by atoms with Crippen molar-refractivity contribution >= 4 is 23.4 Å². The molecule has 38 heavy (non-hydrogen) atoms. The molecule has 3 N–H and O–H groups in total. The number of carbonyl (C=O) groups excluding carboxylic acids is 1. The smallest absolute Gasteiger partial charge is 0.411 e. The lowest BCUT2D eigenvalue weighted by Crippen LogP contribution is -2.51. The van der Waals surface area contributed by atoms with E-state index in [1.807, 2.05) is 72.8 Å². The lowest BCUT2D eigenvalue weighted by atomic mass is 9.71. The van der Waals surface area contributed by atoms with E-state index in [4.69, 9.17) is 21.1 Å². The van der Waals surface area contributed by atoms with Gasteiger partial charge in [0.05, 0.1) is 6.10 Å². The van der Waals surface area contributed by atoms with E-state index in [-0.39, 0.29) is 12.5 Å². The van der Waals surface area contributed by atoms with E-state index >= 15 is 0 Å². The Morgan fingerprint density at radius 1 is 0.974 bits per heavy atom. The van der Waals surface area contributed by atoms with Gasteiger partial charge in [-0.3, -0.25) is 5.32 Å². The number of rotatable bonds is 5. The topological polar surface area (TPSA) is 88.0 Å². The van der Waals surface area contributed by atoms with Crippen molar-refractivity contribution in [3.05, 3.63) is 130 Å². The minimum absolute atomic E-state index is 0.137. The summed E-state index contributed by atoms with van der Waals surface area (Å²) in [5.41, 5.74) is 0.372. The van der Waals surface area contributed by atoms with Crippen molar-refractivity contribution in [2.75, 3.05) is 5.32 Å². The van der Waals surface area contributed by atoms with Crippen LogP contribution < -0.4 is 10.1 Å². The highest BCUT2D eigenvalue weighted by Gasteiger charge is 2.72. The van der Waals surface area contributed by atoms with E-state index in [9.17, 15) is 15.0 Å². The Hall–Kier alpha value is -3.84. The number of hydrogen-bond donors (Lipinski definition) is 3. The average Bonchev–Trinajstić information content (AvgIpc) is 3.33. The van der Waals surface area contributed by atoms with Crippen LogP contribution in [-0.2, 0) is 22.5 Å². The van der Waals surface area contributed by atoms with Gasteiger partial charge in [0.2, 0.25) is 0 Å². The zero-order chi connectivity index (χ0) is 26.3. The van der Waals surface area contributed by atoms with Gasteiger partial charge in [-0.1, -0.05) is 90.5 Å². The van der Waals surface area contributed by atoms with Crippen LogP contribution in [0.3, 0.4) is 0 Å². The third kappa shape index (κ3) is 3.84. The van der Waals surface area contributed by atoms with E-state index in [1.165, 1.54) is 0 Å². The first-order valence-corrected chi connectivity index (χ1v) is 12.8. The maximum Gasteiger partial charge on any atom is 0.411 e. The van der Waals surface area contributed by atoms with Crippen LogP contribution in [-0.4, -0.2) is 22.4 Å². The maximum atomic E-state index is 12.5. The Morgan fingerprint density at radius 2 is 1.66 bits per heavy atom. The largest absolute Gasteiger partial charge is 0.478 e. The summed E-state index contributed by atoms with van der Waals surface area (Å²) in [6, 6.07) is 31.3. The molecule has 1 heterocycles. The number of anilines is 1. The number of amides is 1. The molecule has 7 heteroatoms. The maximum absolute atomic E-state index is 12.5. The zero-order valence-corrected chi connectivity index (χ0v) is 21.1. The number of benzene rings is 4. The van der Waals surface area contributed by atoms with E-state index in [1.54, 1.807) is 30.3 Å². The van der Waals surface area contributed by atoms with Crippen molar-refractivity contribution in [1.29, 1.82) is 0 Å². The monoisotopic (exact) mass is 527 g/mol. The predicted octanol–water partition coefficient (Wildman–Crippen LogP) is 6.11. The fourth-order valence-corrected chi connectivity index (χ4v) is 6.01. The van der Waals surface area contributed by atoms with Crippen LogP contribution in [0.5, 0.6) is 5.75 Å². The number of aliphatic hydroxyl groups is 2. The average molecular weight is 528 g/mol. The summed E-state index contributed by atoms with van der Waals surface area (Å²) in [5.74, 6) is 0.0208. The molecule has 2 aliphatic rings. The molecule has 1 aliphatic heterocycles. The van der Waals surface area contributed by atoms with Gasteiger partial charge < -0.3 is 19.7 Å². The van der Waals surface area contributed by atoms with Crippen LogP contribution in [0.2, 0.25) is 5.02 Å². The highest BCUT2D eigenvalue weighted by atomic mass is 35.5. The second kappa shape index (κ2) is 9.48.